The van der Waals surface area contributed by atoms with Gasteiger partial charge in [-0.25, -0.2) is 4.98 Å². The first-order chi connectivity index (χ1) is 15.5. The Kier molecular flexibility index (Phi) is 8.43. The van der Waals surface area contributed by atoms with Gasteiger partial charge < -0.3 is 20.7 Å². The first-order valence-electron chi connectivity index (χ1n) is 11.0. The lowest BCUT2D eigenvalue weighted by Crippen LogP contribution is -2.29. The number of hydrogen-bond acceptors (Lipinski definition) is 6. The van der Waals surface area contributed by atoms with Crippen molar-refractivity contribution < 1.29 is 9.53 Å². The van der Waals surface area contributed by atoms with Gasteiger partial charge in [-0.2, -0.15) is 4.98 Å². The van der Waals surface area contributed by atoms with Gasteiger partial charge in [0.05, 0.1) is 6.61 Å². The van der Waals surface area contributed by atoms with Crippen molar-refractivity contribution in [2.24, 2.45) is 0 Å². The number of aromatic nitrogens is 2. The van der Waals surface area contributed by atoms with Crippen LogP contribution in [0.4, 0.5) is 17.5 Å². The van der Waals surface area contributed by atoms with Gasteiger partial charge in [0.1, 0.15) is 11.6 Å². The zero-order valence-corrected chi connectivity index (χ0v) is 18.9. The molecule has 3 rings (SSSR count). The highest BCUT2D eigenvalue weighted by molar-refractivity contribution is 5.94. The molecule has 3 N–H and O–H groups in total. The van der Waals surface area contributed by atoms with Crippen LogP contribution in [-0.4, -0.2) is 35.6 Å². The molecule has 0 unspecified atom stereocenters. The minimum Gasteiger partial charge on any atom is -0.494 e. The highest BCUT2D eigenvalue weighted by Gasteiger charge is 2.06. The van der Waals surface area contributed by atoms with Crippen LogP contribution in [0.2, 0.25) is 0 Å². The lowest BCUT2D eigenvalue weighted by molar-refractivity contribution is 0.0955. The van der Waals surface area contributed by atoms with Gasteiger partial charge in [0.15, 0.2) is 0 Å². The van der Waals surface area contributed by atoms with E-state index in [1.54, 1.807) is 12.1 Å². The number of rotatable bonds is 11. The van der Waals surface area contributed by atoms with Crippen molar-refractivity contribution in [2.45, 2.75) is 33.6 Å². The van der Waals surface area contributed by atoms with Crippen LogP contribution in [0.25, 0.3) is 0 Å². The van der Waals surface area contributed by atoms with E-state index in [2.05, 4.69) is 39.8 Å². The molecule has 3 aromatic rings. The molecular formula is C25H31N5O2. The van der Waals surface area contributed by atoms with E-state index in [0.717, 1.165) is 30.0 Å². The molecule has 0 spiro atoms. The first-order valence-corrected chi connectivity index (χ1v) is 11.0. The van der Waals surface area contributed by atoms with E-state index in [0.29, 0.717) is 37.0 Å². The quantitative estimate of drug-likeness (QED) is 0.374. The Morgan fingerprint density at radius 2 is 1.72 bits per heavy atom. The van der Waals surface area contributed by atoms with Gasteiger partial charge in [0.2, 0.25) is 5.95 Å². The summed E-state index contributed by atoms with van der Waals surface area (Å²) in [6, 6.07) is 17.2. The molecule has 1 amide bonds. The zero-order chi connectivity index (χ0) is 22.8. The summed E-state index contributed by atoms with van der Waals surface area (Å²) in [5.41, 5.74) is 3.62. The van der Waals surface area contributed by atoms with E-state index >= 15 is 0 Å². The average molecular weight is 434 g/mol. The second kappa shape index (κ2) is 11.7. The summed E-state index contributed by atoms with van der Waals surface area (Å²) in [6.45, 7) is 7.75. The molecule has 168 valence electrons. The SMILES string of the molecule is CCCCOc1ccc(C(=O)NCCNc2nc(C)cc(Nc3ccc(C)cc3)n2)cc1. The number of aryl methyl sites for hydroxylation is 2. The second-order valence-electron chi connectivity index (χ2n) is 7.62. The van der Waals surface area contributed by atoms with Gasteiger partial charge >= 0.3 is 0 Å². The molecule has 0 fully saturated rings. The number of carbonyl (C=O) groups excluding carboxylic acids is 1. The molecule has 0 atom stereocenters. The summed E-state index contributed by atoms with van der Waals surface area (Å²) in [5, 5.41) is 9.36. The lowest BCUT2D eigenvalue weighted by atomic mass is 10.2. The molecular weight excluding hydrogens is 402 g/mol. The smallest absolute Gasteiger partial charge is 0.251 e. The molecule has 32 heavy (non-hydrogen) atoms. The van der Waals surface area contributed by atoms with E-state index in [1.165, 1.54) is 5.56 Å². The summed E-state index contributed by atoms with van der Waals surface area (Å²) in [5.74, 6) is 1.89. The Bertz CT molecular complexity index is 1000. The van der Waals surface area contributed by atoms with Gasteiger partial charge in [0, 0.05) is 36.1 Å². The molecule has 0 saturated carbocycles. The van der Waals surface area contributed by atoms with E-state index in [9.17, 15) is 4.79 Å². The van der Waals surface area contributed by atoms with E-state index in [4.69, 9.17) is 4.74 Å². The van der Waals surface area contributed by atoms with Crippen LogP contribution in [0, 0.1) is 13.8 Å². The van der Waals surface area contributed by atoms with Crippen molar-refractivity contribution in [3.05, 3.63) is 71.4 Å². The van der Waals surface area contributed by atoms with Gasteiger partial charge in [-0.15, -0.1) is 0 Å². The number of unbranched alkanes of at least 4 members (excludes halogenated alkanes) is 1. The molecule has 1 heterocycles. The normalized spacial score (nSPS) is 10.5. The van der Waals surface area contributed by atoms with Crippen molar-refractivity contribution in [3.63, 3.8) is 0 Å². The predicted octanol–water partition coefficient (Wildman–Crippen LogP) is 4.86. The molecule has 1 aromatic heterocycles. The van der Waals surface area contributed by atoms with Gasteiger partial charge in [-0.05, 0) is 56.7 Å². The molecule has 0 aliphatic rings. The van der Waals surface area contributed by atoms with Crippen LogP contribution >= 0.6 is 0 Å². The maximum absolute atomic E-state index is 12.3. The predicted molar refractivity (Wildman–Crippen MR) is 129 cm³/mol. The highest BCUT2D eigenvalue weighted by atomic mass is 16.5. The third kappa shape index (κ3) is 7.27. The molecule has 7 heteroatoms. The fourth-order valence-electron chi connectivity index (χ4n) is 2.99. The molecule has 7 nitrogen and oxygen atoms in total. The highest BCUT2D eigenvalue weighted by Crippen LogP contribution is 2.17. The zero-order valence-electron chi connectivity index (χ0n) is 18.9. The summed E-state index contributed by atoms with van der Waals surface area (Å²) >= 11 is 0. The topological polar surface area (TPSA) is 88.2 Å². The third-order valence-corrected chi connectivity index (χ3v) is 4.75. The number of amides is 1. The lowest BCUT2D eigenvalue weighted by Gasteiger charge is -2.11. The molecule has 2 aromatic carbocycles. The van der Waals surface area contributed by atoms with Crippen molar-refractivity contribution in [2.75, 3.05) is 30.3 Å². The summed E-state index contributed by atoms with van der Waals surface area (Å²) in [6.07, 6.45) is 2.11. The average Bonchev–Trinajstić information content (AvgIpc) is 2.78. The second-order valence-corrected chi connectivity index (χ2v) is 7.62. The van der Waals surface area contributed by atoms with Gasteiger partial charge in [-0.3, -0.25) is 4.79 Å². The van der Waals surface area contributed by atoms with Crippen LogP contribution < -0.4 is 20.7 Å². The van der Waals surface area contributed by atoms with E-state index < -0.39 is 0 Å². The molecule has 0 radical (unpaired) electrons. The minimum atomic E-state index is -0.126. The number of anilines is 3. The maximum Gasteiger partial charge on any atom is 0.251 e. The summed E-state index contributed by atoms with van der Waals surface area (Å²) in [7, 11) is 0. The summed E-state index contributed by atoms with van der Waals surface area (Å²) < 4.78 is 5.63. The minimum absolute atomic E-state index is 0.126. The molecule has 0 aliphatic heterocycles. The van der Waals surface area contributed by atoms with Crippen molar-refractivity contribution in [1.29, 1.82) is 0 Å². The van der Waals surface area contributed by atoms with Gasteiger partial charge in [0.25, 0.3) is 5.91 Å². The molecule has 0 saturated heterocycles. The Balaban J connectivity index is 1.46. The van der Waals surface area contributed by atoms with Crippen molar-refractivity contribution in [3.8, 4) is 5.75 Å². The fraction of sp³-hybridized carbons (Fsp3) is 0.320. The Hall–Kier alpha value is -3.61. The maximum atomic E-state index is 12.3. The number of ether oxygens (including phenoxy) is 1. The number of hydrogen-bond donors (Lipinski definition) is 3. The van der Waals surface area contributed by atoms with Crippen LogP contribution in [0.15, 0.2) is 54.6 Å². The molecule has 0 aliphatic carbocycles. The monoisotopic (exact) mass is 433 g/mol. The largest absolute Gasteiger partial charge is 0.494 e. The number of nitrogens with one attached hydrogen (secondary N) is 3. The fourth-order valence-corrected chi connectivity index (χ4v) is 2.99. The standard InChI is InChI=1S/C25H31N5O2/c1-4-5-16-32-22-12-8-20(9-13-22)24(31)26-14-15-27-25-28-19(3)17-23(30-25)29-21-10-6-18(2)7-11-21/h6-13,17H,4-5,14-16H2,1-3H3,(H,26,31)(H2,27,28,29,30). The first kappa shape index (κ1) is 23.1. The third-order valence-electron chi connectivity index (χ3n) is 4.75. The Labute approximate surface area is 189 Å². The number of carbonyl (C=O) groups is 1. The Morgan fingerprint density at radius 1 is 0.969 bits per heavy atom. The van der Waals surface area contributed by atoms with Crippen molar-refractivity contribution >= 4 is 23.4 Å². The van der Waals surface area contributed by atoms with Gasteiger partial charge in [-0.1, -0.05) is 31.0 Å². The molecule has 0 bridgehead atoms. The van der Waals surface area contributed by atoms with Crippen LogP contribution in [-0.2, 0) is 0 Å². The van der Waals surface area contributed by atoms with E-state index in [1.807, 2.05) is 49.4 Å². The van der Waals surface area contributed by atoms with Crippen LogP contribution in [0.1, 0.15) is 41.4 Å². The Morgan fingerprint density at radius 3 is 2.44 bits per heavy atom. The van der Waals surface area contributed by atoms with Crippen molar-refractivity contribution in [1.82, 2.24) is 15.3 Å². The van der Waals surface area contributed by atoms with Crippen LogP contribution in [0.3, 0.4) is 0 Å². The summed E-state index contributed by atoms with van der Waals surface area (Å²) in [4.78, 5) is 21.3. The number of benzene rings is 2. The van der Waals surface area contributed by atoms with Crippen LogP contribution in [0.5, 0.6) is 5.75 Å². The number of nitrogens with zero attached hydrogens (tertiary/aromatic N) is 2. The van der Waals surface area contributed by atoms with E-state index in [-0.39, 0.29) is 5.91 Å².